The van der Waals surface area contributed by atoms with Gasteiger partial charge < -0.3 is 15.0 Å². The molecule has 1 aliphatic rings. The zero-order chi connectivity index (χ0) is 16.3. The van der Waals surface area contributed by atoms with E-state index in [1.165, 1.54) is 4.90 Å². The number of hydrogen-bond donors (Lipinski definition) is 1. The number of carbonyl (C=O) groups excluding carboxylic acids is 2. The Morgan fingerprint density at radius 1 is 1.27 bits per heavy atom. The third kappa shape index (κ3) is 4.76. The largest absolute Gasteiger partial charge is 0.444 e. The lowest BCUT2D eigenvalue weighted by atomic mass is 10.1. The molecule has 0 bridgehead atoms. The Morgan fingerprint density at radius 2 is 1.91 bits per heavy atom. The molecular weight excluding hydrogens is 280 g/mol. The van der Waals surface area contributed by atoms with E-state index in [2.05, 4.69) is 5.32 Å². The van der Waals surface area contributed by atoms with Gasteiger partial charge in [0.2, 0.25) is 5.91 Å². The number of para-hydroxylation sites is 1. The third-order valence-electron chi connectivity index (χ3n) is 3.34. The van der Waals surface area contributed by atoms with Gasteiger partial charge in [0.25, 0.3) is 0 Å². The van der Waals surface area contributed by atoms with Crippen molar-refractivity contribution < 1.29 is 14.3 Å². The van der Waals surface area contributed by atoms with Crippen LogP contribution in [0.25, 0.3) is 0 Å². The van der Waals surface area contributed by atoms with Gasteiger partial charge in [-0.05, 0) is 45.2 Å². The van der Waals surface area contributed by atoms with Gasteiger partial charge in [-0.2, -0.15) is 0 Å². The number of rotatable bonds is 4. The highest BCUT2D eigenvalue weighted by atomic mass is 16.6. The molecule has 1 aromatic rings. The van der Waals surface area contributed by atoms with Crippen LogP contribution in [0, 0.1) is 5.92 Å². The molecule has 0 aliphatic heterocycles. The molecular formula is C17H24N2O3. The van der Waals surface area contributed by atoms with Gasteiger partial charge in [0.15, 0.2) is 0 Å². The topological polar surface area (TPSA) is 58.6 Å². The van der Waals surface area contributed by atoms with Crippen molar-refractivity contribution in [1.82, 2.24) is 4.90 Å². The van der Waals surface area contributed by atoms with Gasteiger partial charge >= 0.3 is 6.09 Å². The highest BCUT2D eigenvalue weighted by Crippen LogP contribution is 2.30. The quantitative estimate of drug-likeness (QED) is 0.927. The van der Waals surface area contributed by atoms with E-state index in [1.54, 1.807) is 7.05 Å². The van der Waals surface area contributed by atoms with Crippen LogP contribution in [0.4, 0.5) is 10.5 Å². The van der Waals surface area contributed by atoms with Crippen LogP contribution in [0.5, 0.6) is 0 Å². The van der Waals surface area contributed by atoms with Gasteiger partial charge in [-0.3, -0.25) is 4.79 Å². The molecule has 120 valence electrons. The van der Waals surface area contributed by atoms with Crippen LogP contribution < -0.4 is 5.32 Å². The maximum absolute atomic E-state index is 12.0. The molecule has 1 aliphatic carbocycles. The van der Waals surface area contributed by atoms with Crippen molar-refractivity contribution in [2.24, 2.45) is 5.92 Å². The average molecular weight is 304 g/mol. The second-order valence-corrected chi connectivity index (χ2v) is 6.76. The summed E-state index contributed by atoms with van der Waals surface area (Å²) < 4.78 is 5.34. The Kier molecular flexibility index (Phi) is 4.74. The summed E-state index contributed by atoms with van der Waals surface area (Å²) in [6.45, 7) is 5.89. The molecule has 22 heavy (non-hydrogen) atoms. The van der Waals surface area contributed by atoms with Crippen molar-refractivity contribution in [2.45, 2.75) is 45.8 Å². The highest BCUT2D eigenvalue weighted by Gasteiger charge is 2.30. The molecule has 1 N–H and O–H groups in total. The van der Waals surface area contributed by atoms with Crippen LogP contribution >= 0.6 is 0 Å². The van der Waals surface area contributed by atoms with E-state index in [4.69, 9.17) is 4.74 Å². The molecule has 0 aromatic heterocycles. The Balaban J connectivity index is 2.02. The van der Waals surface area contributed by atoms with Gasteiger partial charge in [-0.1, -0.05) is 18.2 Å². The Morgan fingerprint density at radius 3 is 2.50 bits per heavy atom. The first-order chi connectivity index (χ1) is 10.3. The molecule has 5 heteroatoms. The van der Waals surface area contributed by atoms with Crippen LogP contribution in [-0.4, -0.2) is 29.5 Å². The summed E-state index contributed by atoms with van der Waals surface area (Å²) in [5.41, 5.74) is 1.13. The minimum absolute atomic E-state index is 0.0624. The minimum atomic E-state index is -0.523. The van der Waals surface area contributed by atoms with Gasteiger partial charge in [-0.15, -0.1) is 0 Å². The number of anilines is 1. The number of nitrogens with zero attached hydrogens (tertiary/aromatic N) is 1. The van der Waals surface area contributed by atoms with Gasteiger partial charge in [0.1, 0.15) is 5.60 Å². The van der Waals surface area contributed by atoms with E-state index in [0.717, 1.165) is 24.1 Å². The van der Waals surface area contributed by atoms with E-state index in [1.807, 2.05) is 45.0 Å². The molecule has 0 spiro atoms. The standard InChI is InChI=1S/C17H24N2O3/c1-17(2,3)22-16(21)19(4)11-13-7-5-6-8-14(13)18-15(20)12-9-10-12/h5-8,12H,9-11H2,1-4H3,(H,18,20). The fourth-order valence-corrected chi connectivity index (χ4v) is 2.02. The monoisotopic (exact) mass is 304 g/mol. The summed E-state index contributed by atoms with van der Waals surface area (Å²) in [6.07, 6.45) is 1.55. The van der Waals surface area contributed by atoms with Crippen LogP contribution in [0.15, 0.2) is 24.3 Å². The number of carbonyl (C=O) groups is 2. The summed E-state index contributed by atoms with van der Waals surface area (Å²) >= 11 is 0. The van der Waals surface area contributed by atoms with E-state index < -0.39 is 5.60 Å². The minimum Gasteiger partial charge on any atom is -0.444 e. The maximum Gasteiger partial charge on any atom is 0.410 e. The predicted molar refractivity (Wildman–Crippen MR) is 85.5 cm³/mol. The zero-order valence-corrected chi connectivity index (χ0v) is 13.7. The molecule has 0 atom stereocenters. The molecule has 5 nitrogen and oxygen atoms in total. The molecule has 0 heterocycles. The number of ether oxygens (including phenoxy) is 1. The number of nitrogens with one attached hydrogen (secondary N) is 1. The first-order valence-electron chi connectivity index (χ1n) is 7.59. The van der Waals surface area contributed by atoms with Crippen LogP contribution in [-0.2, 0) is 16.1 Å². The van der Waals surface area contributed by atoms with Crippen molar-refractivity contribution in [3.05, 3.63) is 29.8 Å². The van der Waals surface area contributed by atoms with Crippen LogP contribution in [0.3, 0.4) is 0 Å². The molecule has 1 fully saturated rings. The molecule has 1 aromatic carbocycles. The number of amides is 2. The molecule has 0 radical (unpaired) electrons. The molecule has 1 saturated carbocycles. The predicted octanol–water partition coefficient (Wildman–Crippen LogP) is 3.40. The van der Waals surface area contributed by atoms with E-state index in [0.29, 0.717) is 6.54 Å². The summed E-state index contributed by atoms with van der Waals surface area (Å²) in [4.78, 5) is 25.5. The SMILES string of the molecule is CN(Cc1ccccc1NC(=O)C1CC1)C(=O)OC(C)(C)C. The van der Waals surface area contributed by atoms with Crippen LogP contribution in [0.1, 0.15) is 39.2 Å². The Labute approximate surface area is 131 Å². The second kappa shape index (κ2) is 6.38. The molecule has 2 rings (SSSR count). The van der Waals surface area contributed by atoms with E-state index >= 15 is 0 Å². The fourth-order valence-electron chi connectivity index (χ4n) is 2.02. The summed E-state index contributed by atoms with van der Waals surface area (Å²) in [6, 6.07) is 7.53. The van der Waals surface area contributed by atoms with E-state index in [9.17, 15) is 9.59 Å². The second-order valence-electron chi connectivity index (χ2n) is 6.76. The Hall–Kier alpha value is -2.04. The first-order valence-corrected chi connectivity index (χ1v) is 7.59. The summed E-state index contributed by atoms with van der Waals surface area (Å²) in [5, 5.41) is 2.95. The number of benzene rings is 1. The van der Waals surface area contributed by atoms with Crippen LogP contribution in [0.2, 0.25) is 0 Å². The lowest BCUT2D eigenvalue weighted by Gasteiger charge is -2.25. The Bertz CT molecular complexity index is 559. The maximum atomic E-state index is 12.0. The normalized spacial score (nSPS) is 14.4. The van der Waals surface area contributed by atoms with Gasteiger partial charge in [0, 0.05) is 18.7 Å². The average Bonchev–Trinajstić information content (AvgIpc) is 3.23. The molecule has 0 saturated heterocycles. The van der Waals surface area contributed by atoms with Gasteiger partial charge in [0.05, 0.1) is 6.54 Å². The smallest absolute Gasteiger partial charge is 0.410 e. The zero-order valence-electron chi connectivity index (χ0n) is 13.7. The lowest BCUT2D eigenvalue weighted by molar-refractivity contribution is -0.117. The van der Waals surface area contributed by atoms with Crippen molar-refractivity contribution in [3.8, 4) is 0 Å². The third-order valence-corrected chi connectivity index (χ3v) is 3.34. The molecule has 0 unspecified atom stereocenters. The van der Waals surface area contributed by atoms with Crippen molar-refractivity contribution in [2.75, 3.05) is 12.4 Å². The lowest BCUT2D eigenvalue weighted by Crippen LogP contribution is -2.34. The summed E-state index contributed by atoms with van der Waals surface area (Å²) in [5.74, 6) is 0.212. The fraction of sp³-hybridized carbons (Fsp3) is 0.529. The molecule has 2 amide bonds. The first kappa shape index (κ1) is 16.3. The van der Waals surface area contributed by atoms with E-state index in [-0.39, 0.29) is 17.9 Å². The van der Waals surface area contributed by atoms with Crippen molar-refractivity contribution in [3.63, 3.8) is 0 Å². The number of hydrogen-bond acceptors (Lipinski definition) is 3. The highest BCUT2D eigenvalue weighted by molar-refractivity contribution is 5.94. The van der Waals surface area contributed by atoms with Crippen molar-refractivity contribution >= 4 is 17.7 Å². The van der Waals surface area contributed by atoms with Gasteiger partial charge in [-0.25, -0.2) is 4.79 Å². The van der Waals surface area contributed by atoms with Crippen molar-refractivity contribution in [1.29, 1.82) is 0 Å². The summed E-state index contributed by atoms with van der Waals surface area (Å²) in [7, 11) is 1.69.